The van der Waals surface area contributed by atoms with E-state index in [0.29, 0.717) is 6.54 Å². The molecule has 20 heavy (non-hydrogen) atoms. The van der Waals surface area contributed by atoms with Crippen LogP contribution in [0.4, 0.5) is 0 Å². The highest BCUT2D eigenvalue weighted by molar-refractivity contribution is 5.87. The zero-order valence-electron chi connectivity index (χ0n) is 11.3. The first-order valence-corrected chi connectivity index (χ1v) is 6.48. The summed E-state index contributed by atoms with van der Waals surface area (Å²) in [5.41, 5.74) is 2.77. The van der Waals surface area contributed by atoms with Crippen molar-refractivity contribution in [2.45, 2.75) is 13.5 Å². The smallest absolute Gasteiger partial charge is 0.243 e. The zero-order chi connectivity index (χ0) is 14.4. The summed E-state index contributed by atoms with van der Waals surface area (Å²) in [6, 6.07) is 15.0. The van der Waals surface area contributed by atoms with Crippen LogP contribution in [0.2, 0.25) is 0 Å². The van der Waals surface area contributed by atoms with E-state index in [1.54, 1.807) is 25.1 Å². The lowest BCUT2D eigenvalue weighted by Gasteiger charge is -2.06. The van der Waals surface area contributed by atoms with Crippen molar-refractivity contribution in [2.75, 3.05) is 0 Å². The van der Waals surface area contributed by atoms with Crippen molar-refractivity contribution < 1.29 is 9.90 Å². The Kier molecular flexibility index (Phi) is 4.56. The van der Waals surface area contributed by atoms with Gasteiger partial charge in [0.1, 0.15) is 5.75 Å². The minimum atomic E-state index is -0.0997. The summed E-state index contributed by atoms with van der Waals surface area (Å²) in [5.74, 6) is 0.166. The number of phenolic OH excluding ortho intramolecular Hbond substituents is 1. The van der Waals surface area contributed by atoms with Crippen molar-refractivity contribution in [3.8, 4) is 16.9 Å². The fourth-order valence-electron chi connectivity index (χ4n) is 1.92. The van der Waals surface area contributed by atoms with Gasteiger partial charge in [-0.05, 0) is 30.2 Å². The zero-order valence-corrected chi connectivity index (χ0v) is 11.3. The molecule has 0 spiro atoms. The minimum absolute atomic E-state index is 0.0997. The number of phenols is 1. The van der Waals surface area contributed by atoms with Crippen LogP contribution in [0.5, 0.6) is 5.75 Å². The van der Waals surface area contributed by atoms with Crippen LogP contribution < -0.4 is 5.32 Å². The van der Waals surface area contributed by atoms with Crippen LogP contribution in [0, 0.1) is 0 Å². The summed E-state index contributed by atoms with van der Waals surface area (Å²) < 4.78 is 0. The van der Waals surface area contributed by atoms with E-state index in [0.717, 1.165) is 16.7 Å². The summed E-state index contributed by atoms with van der Waals surface area (Å²) in [7, 11) is 0. The third-order valence-electron chi connectivity index (χ3n) is 2.95. The van der Waals surface area contributed by atoms with Gasteiger partial charge >= 0.3 is 0 Å². The lowest BCUT2D eigenvalue weighted by atomic mass is 10.0. The van der Waals surface area contributed by atoms with Gasteiger partial charge in [0.25, 0.3) is 0 Å². The fourth-order valence-corrected chi connectivity index (χ4v) is 1.92. The summed E-state index contributed by atoms with van der Waals surface area (Å²) in [5, 5.41) is 12.6. The van der Waals surface area contributed by atoms with E-state index in [1.807, 2.05) is 36.4 Å². The molecule has 0 saturated heterocycles. The maximum Gasteiger partial charge on any atom is 0.243 e. The molecular formula is C17H17NO2. The fraction of sp³-hybridized carbons (Fsp3) is 0.118. The van der Waals surface area contributed by atoms with Gasteiger partial charge in [0.15, 0.2) is 0 Å². The number of rotatable bonds is 4. The number of carbonyl (C=O) groups is 1. The van der Waals surface area contributed by atoms with Gasteiger partial charge in [-0.3, -0.25) is 4.79 Å². The first-order chi connectivity index (χ1) is 9.70. The number of carbonyl (C=O) groups excluding carboxylic acids is 1. The highest BCUT2D eigenvalue weighted by atomic mass is 16.3. The second-order valence-electron chi connectivity index (χ2n) is 4.43. The number of nitrogens with one attached hydrogen (secondary N) is 1. The molecule has 0 radical (unpaired) electrons. The molecule has 2 rings (SSSR count). The molecule has 2 N–H and O–H groups in total. The molecule has 0 aliphatic carbocycles. The van der Waals surface area contributed by atoms with Crippen molar-refractivity contribution in [3.05, 3.63) is 66.2 Å². The topological polar surface area (TPSA) is 49.3 Å². The van der Waals surface area contributed by atoms with Crippen LogP contribution in [0.15, 0.2) is 60.7 Å². The summed E-state index contributed by atoms with van der Waals surface area (Å²) in [6.45, 7) is 2.30. The van der Waals surface area contributed by atoms with Crippen molar-refractivity contribution in [1.29, 1.82) is 0 Å². The molecule has 0 saturated carbocycles. The molecule has 0 aromatic heterocycles. The number of allylic oxidation sites excluding steroid dienone is 1. The van der Waals surface area contributed by atoms with Gasteiger partial charge in [-0.15, -0.1) is 0 Å². The van der Waals surface area contributed by atoms with Crippen LogP contribution in [-0.4, -0.2) is 11.0 Å². The van der Waals surface area contributed by atoms with Crippen molar-refractivity contribution in [2.24, 2.45) is 0 Å². The second kappa shape index (κ2) is 6.57. The van der Waals surface area contributed by atoms with Crippen LogP contribution in [0.3, 0.4) is 0 Å². The van der Waals surface area contributed by atoms with Crippen molar-refractivity contribution in [3.63, 3.8) is 0 Å². The van der Waals surface area contributed by atoms with Gasteiger partial charge in [0, 0.05) is 12.1 Å². The first kappa shape index (κ1) is 13.9. The second-order valence-corrected chi connectivity index (χ2v) is 4.43. The lowest BCUT2D eigenvalue weighted by molar-refractivity contribution is -0.116. The molecule has 0 aliphatic heterocycles. The molecule has 102 valence electrons. The third-order valence-corrected chi connectivity index (χ3v) is 2.95. The standard InChI is InChI=1S/C17H17NO2/c1-2-5-17(20)18-12-13-8-10-14(11-9-13)15-6-3-4-7-16(15)19/h2-11,19H,12H2,1H3,(H,18,20)/b5-2+. The molecule has 0 heterocycles. The lowest BCUT2D eigenvalue weighted by Crippen LogP contribution is -2.20. The molecule has 2 aromatic carbocycles. The minimum Gasteiger partial charge on any atom is -0.507 e. The summed E-state index contributed by atoms with van der Waals surface area (Å²) in [6.07, 6.45) is 3.20. The monoisotopic (exact) mass is 267 g/mol. The molecule has 0 atom stereocenters. The Balaban J connectivity index is 2.07. The number of amides is 1. The Labute approximate surface area is 118 Å². The number of hydrogen-bond donors (Lipinski definition) is 2. The summed E-state index contributed by atoms with van der Waals surface area (Å²) in [4.78, 5) is 11.3. The van der Waals surface area contributed by atoms with E-state index in [2.05, 4.69) is 5.32 Å². The van der Waals surface area contributed by atoms with Crippen LogP contribution in [0.25, 0.3) is 11.1 Å². The van der Waals surface area contributed by atoms with Gasteiger partial charge in [-0.1, -0.05) is 48.5 Å². The van der Waals surface area contributed by atoms with Crippen molar-refractivity contribution >= 4 is 5.91 Å². The molecule has 2 aromatic rings. The molecule has 3 heteroatoms. The number of hydrogen-bond acceptors (Lipinski definition) is 2. The number of aromatic hydroxyl groups is 1. The molecule has 0 bridgehead atoms. The third kappa shape index (κ3) is 3.48. The quantitative estimate of drug-likeness (QED) is 0.835. The average Bonchev–Trinajstić information content (AvgIpc) is 2.47. The predicted molar refractivity (Wildman–Crippen MR) is 80.2 cm³/mol. The van der Waals surface area contributed by atoms with Crippen molar-refractivity contribution in [1.82, 2.24) is 5.32 Å². The first-order valence-electron chi connectivity index (χ1n) is 6.48. The van der Waals surface area contributed by atoms with Crippen LogP contribution >= 0.6 is 0 Å². The number of benzene rings is 2. The van der Waals surface area contributed by atoms with E-state index in [9.17, 15) is 9.90 Å². The maximum absolute atomic E-state index is 11.3. The van der Waals surface area contributed by atoms with Crippen LogP contribution in [0.1, 0.15) is 12.5 Å². The van der Waals surface area contributed by atoms with E-state index < -0.39 is 0 Å². The molecule has 0 fully saturated rings. The Morgan fingerprint density at radius 2 is 1.85 bits per heavy atom. The van der Waals surface area contributed by atoms with E-state index >= 15 is 0 Å². The van der Waals surface area contributed by atoms with E-state index in [-0.39, 0.29) is 11.7 Å². The highest BCUT2D eigenvalue weighted by Crippen LogP contribution is 2.28. The van der Waals surface area contributed by atoms with E-state index in [1.165, 1.54) is 6.08 Å². The molecular weight excluding hydrogens is 250 g/mol. The molecule has 1 amide bonds. The molecule has 3 nitrogen and oxygen atoms in total. The van der Waals surface area contributed by atoms with E-state index in [4.69, 9.17) is 0 Å². The molecule has 0 unspecified atom stereocenters. The van der Waals surface area contributed by atoms with Gasteiger partial charge in [0.2, 0.25) is 5.91 Å². The Hall–Kier alpha value is -2.55. The van der Waals surface area contributed by atoms with Gasteiger partial charge in [0.05, 0.1) is 0 Å². The van der Waals surface area contributed by atoms with Gasteiger partial charge < -0.3 is 10.4 Å². The number of para-hydroxylation sites is 1. The highest BCUT2D eigenvalue weighted by Gasteiger charge is 2.03. The largest absolute Gasteiger partial charge is 0.507 e. The molecule has 0 aliphatic rings. The van der Waals surface area contributed by atoms with Crippen LogP contribution in [-0.2, 0) is 11.3 Å². The van der Waals surface area contributed by atoms with Gasteiger partial charge in [-0.25, -0.2) is 0 Å². The Morgan fingerprint density at radius 1 is 1.15 bits per heavy atom. The average molecular weight is 267 g/mol. The Morgan fingerprint density at radius 3 is 2.50 bits per heavy atom. The maximum atomic E-state index is 11.3. The normalized spacial score (nSPS) is 10.7. The van der Waals surface area contributed by atoms with Gasteiger partial charge in [-0.2, -0.15) is 0 Å². The SMILES string of the molecule is C/C=C/C(=O)NCc1ccc(-c2ccccc2O)cc1. The Bertz CT molecular complexity index is 615. The summed E-state index contributed by atoms with van der Waals surface area (Å²) >= 11 is 0. The predicted octanol–water partition coefficient (Wildman–Crippen LogP) is 3.25.